The summed E-state index contributed by atoms with van der Waals surface area (Å²) in [7, 11) is 4.77. The third kappa shape index (κ3) is 9.13. The number of aromatic hydroxyl groups is 1. The fraction of sp³-hybridized carbons (Fsp3) is 0.400. The number of nitrogens with zero attached hydrogens (tertiary/aromatic N) is 3. The van der Waals surface area contributed by atoms with Gasteiger partial charge in [-0.1, -0.05) is 38.8 Å². The number of phenols is 1. The van der Waals surface area contributed by atoms with Gasteiger partial charge in [-0.15, -0.1) is 0 Å². The van der Waals surface area contributed by atoms with Crippen molar-refractivity contribution in [3.8, 4) is 17.0 Å². The van der Waals surface area contributed by atoms with Crippen LogP contribution in [0.25, 0.3) is 11.3 Å². The van der Waals surface area contributed by atoms with Gasteiger partial charge in [0.05, 0.1) is 41.1 Å². The molecule has 1 aliphatic rings. The zero-order valence-corrected chi connectivity index (χ0v) is 25.0. The van der Waals surface area contributed by atoms with Crippen molar-refractivity contribution in [1.29, 1.82) is 10.8 Å². The molecule has 4 rings (SSSR count). The Hall–Kier alpha value is -4.23. The molecule has 1 heterocycles. The molecule has 1 fully saturated rings. The van der Waals surface area contributed by atoms with E-state index in [4.69, 9.17) is 15.9 Å². The molecule has 0 saturated heterocycles. The number of amides is 1. The Morgan fingerprint density at radius 2 is 1.86 bits per heavy atom. The van der Waals surface area contributed by atoms with Crippen molar-refractivity contribution in [2.45, 2.75) is 58.4 Å². The molecule has 10 nitrogen and oxygen atoms in total. The third-order valence-electron chi connectivity index (χ3n) is 6.57. The van der Waals surface area contributed by atoms with Gasteiger partial charge in [-0.25, -0.2) is 0 Å². The number of carbonyl (C=O) groups is 1. The number of aryl methyl sites for hydroxylation is 1. The zero-order chi connectivity index (χ0) is 32.3. The molecule has 1 saturated carbocycles. The number of nitrogens with one attached hydrogen (secondary N) is 4. The van der Waals surface area contributed by atoms with E-state index in [0.29, 0.717) is 16.8 Å². The molecule has 234 valence electrons. The van der Waals surface area contributed by atoms with Gasteiger partial charge in [0, 0.05) is 31.8 Å². The van der Waals surface area contributed by atoms with Gasteiger partial charge < -0.3 is 25.7 Å². The number of amidine groups is 1. The average molecular weight is 604 g/mol. The summed E-state index contributed by atoms with van der Waals surface area (Å²) in [6.45, 7) is 4.10. The lowest BCUT2D eigenvalue weighted by Gasteiger charge is -2.16. The maximum Gasteiger partial charge on any atom is 0.420 e. The third-order valence-corrected chi connectivity index (χ3v) is 6.57. The van der Waals surface area contributed by atoms with E-state index < -0.39 is 23.4 Å². The van der Waals surface area contributed by atoms with Crippen LogP contribution in [0.15, 0.2) is 42.6 Å². The summed E-state index contributed by atoms with van der Waals surface area (Å²) < 4.78 is 41.7. The van der Waals surface area contributed by atoms with Crippen LogP contribution in [0.5, 0.6) is 5.75 Å². The molecular formula is C30H40F3N7O3. The maximum absolute atomic E-state index is 13.4. The number of hydrogen-bond donors (Lipinski definition) is 6. The fourth-order valence-electron chi connectivity index (χ4n) is 4.43. The maximum atomic E-state index is 13.4. The number of aliphatic hydroxyl groups excluding tert-OH is 1. The standard InChI is InChI=1S/C23H24F3N7O2.C5H10O.C2H6/c1-29-10-13-7-17(23(24,25)26)20(34)18(8-13)31-22(35)15-6-4-5-14(9-15)19-16(11-30-33(19)3)21(28)32(2)12-27;6-5-3-1-2-4-5;1-2/h4-9,11-12,27-29,34H,10H2,1-3H3,(H,31,35);5-6H,1-4H2;1-2H3. The second kappa shape index (κ2) is 15.8. The molecule has 0 aliphatic heterocycles. The molecule has 13 heteroatoms. The molecule has 1 aliphatic carbocycles. The van der Waals surface area contributed by atoms with Crippen LogP contribution in [0.2, 0.25) is 0 Å². The first-order chi connectivity index (χ1) is 20.4. The van der Waals surface area contributed by atoms with Crippen LogP contribution in [0, 0.1) is 10.8 Å². The van der Waals surface area contributed by atoms with Crippen LogP contribution in [0.3, 0.4) is 0 Å². The SMILES string of the molecule is CC.CNCc1cc(NC(=O)c2cccc(-c3c(C(=N)N(C)C=N)cnn3C)c2)c(O)c(C(F)(F)F)c1.OC1CCCC1. The van der Waals surface area contributed by atoms with E-state index in [0.717, 1.165) is 25.2 Å². The molecule has 2 aromatic carbocycles. The highest BCUT2D eigenvalue weighted by atomic mass is 19.4. The molecule has 43 heavy (non-hydrogen) atoms. The number of aliphatic hydroxyl groups is 1. The molecule has 0 atom stereocenters. The van der Waals surface area contributed by atoms with Crippen molar-refractivity contribution < 1.29 is 28.2 Å². The second-order valence-corrected chi connectivity index (χ2v) is 9.66. The number of anilines is 1. The highest BCUT2D eigenvalue weighted by Gasteiger charge is 2.35. The van der Waals surface area contributed by atoms with Gasteiger partial charge in [0.1, 0.15) is 5.84 Å². The van der Waals surface area contributed by atoms with Crippen LogP contribution >= 0.6 is 0 Å². The largest absolute Gasteiger partial charge is 0.505 e. The molecule has 6 N–H and O–H groups in total. The van der Waals surface area contributed by atoms with Gasteiger partial charge in [0.25, 0.3) is 5.91 Å². The van der Waals surface area contributed by atoms with Gasteiger partial charge in [0.2, 0.25) is 0 Å². The summed E-state index contributed by atoms with van der Waals surface area (Å²) in [5.74, 6) is -1.78. The van der Waals surface area contributed by atoms with E-state index in [-0.39, 0.29) is 35.3 Å². The van der Waals surface area contributed by atoms with Crippen molar-refractivity contribution in [2.75, 3.05) is 19.4 Å². The first kappa shape index (κ1) is 35.0. The normalized spacial score (nSPS) is 12.9. The first-order valence-electron chi connectivity index (χ1n) is 13.9. The van der Waals surface area contributed by atoms with E-state index in [2.05, 4.69) is 15.7 Å². The van der Waals surface area contributed by atoms with E-state index in [1.54, 1.807) is 33.3 Å². The van der Waals surface area contributed by atoms with Crippen molar-refractivity contribution in [3.05, 3.63) is 64.8 Å². The number of carbonyl (C=O) groups excluding carboxylic acids is 1. The quantitative estimate of drug-likeness (QED) is 0.118. The molecule has 0 spiro atoms. The van der Waals surface area contributed by atoms with E-state index >= 15 is 0 Å². The summed E-state index contributed by atoms with van der Waals surface area (Å²) >= 11 is 0. The number of phenolic OH excluding ortho intramolecular Hbond substituents is 1. The lowest BCUT2D eigenvalue weighted by atomic mass is 10.0. The topological polar surface area (TPSA) is 150 Å². The van der Waals surface area contributed by atoms with Crippen molar-refractivity contribution in [1.82, 2.24) is 20.0 Å². The van der Waals surface area contributed by atoms with Gasteiger partial charge in [-0.05, 0) is 49.7 Å². The summed E-state index contributed by atoms with van der Waals surface area (Å²) in [6.07, 6.45) is 2.24. The Labute approximate surface area is 249 Å². The molecule has 1 aromatic heterocycles. The monoisotopic (exact) mass is 603 g/mol. The Kier molecular flexibility index (Phi) is 12.9. The van der Waals surface area contributed by atoms with E-state index in [1.165, 1.54) is 46.8 Å². The van der Waals surface area contributed by atoms with Crippen LogP contribution < -0.4 is 10.6 Å². The number of aromatic nitrogens is 2. The van der Waals surface area contributed by atoms with Gasteiger partial charge >= 0.3 is 6.18 Å². The number of hydrogen-bond acceptors (Lipinski definition) is 7. The highest BCUT2D eigenvalue weighted by Crippen LogP contribution is 2.41. The second-order valence-electron chi connectivity index (χ2n) is 9.66. The van der Waals surface area contributed by atoms with Crippen LogP contribution in [0.4, 0.5) is 18.9 Å². The minimum atomic E-state index is -4.81. The van der Waals surface area contributed by atoms with Crippen molar-refractivity contribution >= 4 is 23.8 Å². The average Bonchev–Trinajstić information content (AvgIpc) is 3.63. The molecule has 0 radical (unpaired) electrons. The predicted octanol–water partition coefficient (Wildman–Crippen LogP) is 5.59. The van der Waals surface area contributed by atoms with E-state index in [1.807, 2.05) is 13.8 Å². The molecular weight excluding hydrogens is 563 g/mol. The van der Waals surface area contributed by atoms with Crippen LogP contribution in [-0.4, -0.2) is 63.2 Å². The Morgan fingerprint density at radius 3 is 2.40 bits per heavy atom. The summed E-state index contributed by atoms with van der Waals surface area (Å²) in [5, 5.41) is 43.9. The van der Waals surface area contributed by atoms with Crippen LogP contribution in [-0.2, 0) is 19.8 Å². The minimum absolute atomic E-state index is 0.0175. The lowest BCUT2D eigenvalue weighted by Crippen LogP contribution is -2.25. The minimum Gasteiger partial charge on any atom is -0.505 e. The summed E-state index contributed by atoms with van der Waals surface area (Å²) in [6, 6.07) is 8.36. The van der Waals surface area contributed by atoms with Crippen molar-refractivity contribution in [3.63, 3.8) is 0 Å². The first-order valence-corrected chi connectivity index (χ1v) is 13.9. The fourth-order valence-corrected chi connectivity index (χ4v) is 4.43. The number of rotatable bonds is 7. The van der Waals surface area contributed by atoms with Crippen molar-refractivity contribution in [2.24, 2.45) is 7.05 Å². The molecule has 1 amide bonds. The predicted molar refractivity (Wildman–Crippen MR) is 162 cm³/mol. The number of halogens is 3. The smallest absolute Gasteiger partial charge is 0.420 e. The summed E-state index contributed by atoms with van der Waals surface area (Å²) in [4.78, 5) is 14.2. The van der Waals surface area contributed by atoms with Gasteiger partial charge in [0.15, 0.2) is 5.75 Å². The molecule has 3 aromatic rings. The Morgan fingerprint density at radius 1 is 1.21 bits per heavy atom. The Bertz CT molecular complexity index is 1400. The van der Waals surface area contributed by atoms with Gasteiger partial charge in [-0.3, -0.25) is 20.3 Å². The zero-order valence-electron chi connectivity index (χ0n) is 25.0. The van der Waals surface area contributed by atoms with E-state index in [9.17, 15) is 23.1 Å². The van der Waals surface area contributed by atoms with Crippen LogP contribution in [0.1, 0.15) is 66.6 Å². The molecule has 0 unspecified atom stereocenters. The molecule has 0 bridgehead atoms. The number of benzene rings is 2. The highest BCUT2D eigenvalue weighted by molar-refractivity contribution is 6.08. The Balaban J connectivity index is 0.000000706. The lowest BCUT2D eigenvalue weighted by molar-refractivity contribution is -0.138. The van der Waals surface area contributed by atoms with Gasteiger partial charge in [-0.2, -0.15) is 18.3 Å². The summed E-state index contributed by atoms with van der Waals surface area (Å²) in [5.41, 5.74) is 0.196. The number of alkyl halides is 3.